The molecule has 1 aromatic carbocycles. The smallest absolute Gasteiger partial charge is 0.273 e. The number of benzene rings is 1. The summed E-state index contributed by atoms with van der Waals surface area (Å²) in [5, 5.41) is 13.9. The summed E-state index contributed by atoms with van der Waals surface area (Å²) in [5.41, 5.74) is 8.88. The van der Waals surface area contributed by atoms with E-state index >= 15 is 0 Å². The van der Waals surface area contributed by atoms with Crippen LogP contribution in [0.4, 0.5) is 5.69 Å². The van der Waals surface area contributed by atoms with Gasteiger partial charge in [0, 0.05) is 17.5 Å². The summed E-state index contributed by atoms with van der Waals surface area (Å²) in [6, 6.07) is 4.35. The maximum Gasteiger partial charge on any atom is 0.273 e. The van der Waals surface area contributed by atoms with E-state index in [1.807, 2.05) is 0 Å². The Hall–Kier alpha value is -2.27. The lowest BCUT2D eigenvalue weighted by molar-refractivity contribution is -0.384. The quantitative estimate of drug-likeness (QED) is 0.251. The monoisotopic (exact) mass is 222 g/mol. The fourth-order valence-electron chi connectivity index (χ4n) is 1.27. The van der Waals surface area contributed by atoms with E-state index < -0.39 is 4.92 Å². The van der Waals surface area contributed by atoms with Gasteiger partial charge in [0.05, 0.1) is 18.1 Å². The summed E-state index contributed by atoms with van der Waals surface area (Å²) in [5.74, 6) is 0.433. The van der Waals surface area contributed by atoms with Crippen molar-refractivity contribution >= 4 is 5.69 Å². The highest BCUT2D eigenvalue weighted by Gasteiger charge is 2.10. The van der Waals surface area contributed by atoms with Gasteiger partial charge in [0.1, 0.15) is 5.75 Å². The second kappa shape index (κ2) is 5.57. The third kappa shape index (κ3) is 2.86. The zero-order chi connectivity index (χ0) is 12.0. The van der Waals surface area contributed by atoms with E-state index in [-0.39, 0.29) is 5.69 Å². The van der Waals surface area contributed by atoms with Gasteiger partial charge < -0.3 is 4.74 Å². The van der Waals surface area contributed by atoms with Crippen LogP contribution in [0.1, 0.15) is 5.56 Å². The molecule has 0 fully saturated rings. The number of nitro benzene ring substituents is 1. The Morgan fingerprint density at radius 3 is 2.94 bits per heavy atom. The molecule has 7 nitrogen and oxygen atoms in total. The van der Waals surface area contributed by atoms with E-state index in [0.717, 1.165) is 5.56 Å². The topological polar surface area (TPSA) is 101 Å². The Morgan fingerprint density at radius 1 is 1.62 bits per heavy atom. The lowest BCUT2D eigenvalue weighted by atomic mass is 10.1. The number of rotatable bonds is 5. The molecule has 7 heteroatoms. The van der Waals surface area contributed by atoms with E-state index in [1.54, 1.807) is 6.07 Å². The SMILES string of the molecule is COc1cc([N+](=O)[O-])ccc1CCN=[N+]=[N-]. The van der Waals surface area contributed by atoms with Crippen molar-refractivity contribution in [1.29, 1.82) is 0 Å². The molecule has 0 amide bonds. The average Bonchev–Trinajstić information content (AvgIpc) is 2.29. The second-order valence-corrected chi connectivity index (χ2v) is 2.96. The molecule has 0 unspecified atom stereocenters. The first-order valence-corrected chi connectivity index (χ1v) is 4.51. The van der Waals surface area contributed by atoms with Crippen LogP contribution in [-0.4, -0.2) is 18.6 Å². The Bertz CT molecular complexity index is 440. The van der Waals surface area contributed by atoms with E-state index in [9.17, 15) is 10.1 Å². The van der Waals surface area contributed by atoms with Crippen molar-refractivity contribution in [1.82, 2.24) is 0 Å². The summed E-state index contributed by atoms with van der Waals surface area (Å²) in [6.45, 7) is 0.296. The number of hydrogen-bond donors (Lipinski definition) is 0. The molecular weight excluding hydrogens is 212 g/mol. The number of ether oxygens (including phenoxy) is 1. The van der Waals surface area contributed by atoms with E-state index in [0.29, 0.717) is 18.7 Å². The molecule has 0 saturated carbocycles. The van der Waals surface area contributed by atoms with Crippen molar-refractivity contribution in [3.63, 3.8) is 0 Å². The normalized spacial score (nSPS) is 9.31. The molecule has 0 N–H and O–H groups in total. The molecule has 1 rings (SSSR count). The minimum atomic E-state index is -0.486. The molecule has 0 bridgehead atoms. The second-order valence-electron chi connectivity index (χ2n) is 2.96. The molecule has 0 heterocycles. The Kier molecular flexibility index (Phi) is 4.11. The first-order valence-electron chi connectivity index (χ1n) is 4.51. The minimum absolute atomic E-state index is 0.0237. The van der Waals surface area contributed by atoms with Gasteiger partial charge in [0.2, 0.25) is 0 Å². The predicted molar refractivity (Wildman–Crippen MR) is 57.4 cm³/mol. The Morgan fingerprint density at radius 2 is 2.38 bits per heavy atom. The highest BCUT2D eigenvalue weighted by Crippen LogP contribution is 2.24. The Labute approximate surface area is 91.4 Å². The standard InChI is InChI=1S/C9H10N4O3/c1-16-9-6-8(13(14)15)3-2-7(9)4-5-11-12-10/h2-3,6H,4-5H2,1H3. The van der Waals surface area contributed by atoms with Gasteiger partial charge >= 0.3 is 0 Å². The minimum Gasteiger partial charge on any atom is -0.496 e. The number of nitrogens with zero attached hydrogens (tertiary/aromatic N) is 4. The molecule has 16 heavy (non-hydrogen) atoms. The van der Waals surface area contributed by atoms with Crippen LogP contribution in [0, 0.1) is 10.1 Å². The summed E-state index contributed by atoms with van der Waals surface area (Å²) in [4.78, 5) is 12.7. The first-order chi connectivity index (χ1) is 7.69. The van der Waals surface area contributed by atoms with Gasteiger partial charge in [-0.3, -0.25) is 10.1 Å². The van der Waals surface area contributed by atoms with Gasteiger partial charge in [-0.05, 0) is 23.6 Å². The summed E-state index contributed by atoms with van der Waals surface area (Å²) in [7, 11) is 1.44. The van der Waals surface area contributed by atoms with Gasteiger partial charge in [0.15, 0.2) is 0 Å². The zero-order valence-electron chi connectivity index (χ0n) is 8.66. The third-order valence-electron chi connectivity index (χ3n) is 2.03. The zero-order valence-corrected chi connectivity index (χ0v) is 8.66. The van der Waals surface area contributed by atoms with Crippen LogP contribution in [0.15, 0.2) is 23.3 Å². The fraction of sp³-hybridized carbons (Fsp3) is 0.333. The summed E-state index contributed by atoms with van der Waals surface area (Å²) < 4.78 is 5.03. The van der Waals surface area contributed by atoms with Crippen molar-refractivity contribution in [2.24, 2.45) is 5.11 Å². The van der Waals surface area contributed by atoms with Gasteiger partial charge in [-0.25, -0.2) is 0 Å². The highest BCUT2D eigenvalue weighted by molar-refractivity contribution is 5.44. The molecule has 1 aromatic rings. The molecule has 84 valence electrons. The predicted octanol–water partition coefficient (Wildman–Crippen LogP) is 2.46. The van der Waals surface area contributed by atoms with Gasteiger partial charge in [-0.1, -0.05) is 5.11 Å². The largest absolute Gasteiger partial charge is 0.496 e. The van der Waals surface area contributed by atoms with Crippen LogP contribution in [-0.2, 0) is 6.42 Å². The molecular formula is C9H10N4O3. The van der Waals surface area contributed by atoms with E-state index in [4.69, 9.17) is 10.3 Å². The van der Waals surface area contributed by atoms with Crippen molar-refractivity contribution in [3.05, 3.63) is 44.3 Å². The molecule has 0 aliphatic carbocycles. The highest BCUT2D eigenvalue weighted by atomic mass is 16.6. The molecule has 0 aliphatic heterocycles. The van der Waals surface area contributed by atoms with Gasteiger partial charge in [-0.15, -0.1) is 0 Å². The fourth-order valence-corrected chi connectivity index (χ4v) is 1.27. The maximum absolute atomic E-state index is 10.5. The lowest BCUT2D eigenvalue weighted by Gasteiger charge is -2.06. The van der Waals surface area contributed by atoms with Crippen LogP contribution in [0.2, 0.25) is 0 Å². The number of non-ortho nitro benzene ring substituents is 1. The molecule has 0 atom stereocenters. The third-order valence-corrected chi connectivity index (χ3v) is 2.03. The van der Waals surface area contributed by atoms with Crippen LogP contribution >= 0.6 is 0 Å². The number of azide groups is 1. The lowest BCUT2D eigenvalue weighted by Crippen LogP contribution is -1.96. The van der Waals surface area contributed by atoms with Crippen molar-refractivity contribution < 1.29 is 9.66 Å². The van der Waals surface area contributed by atoms with Crippen molar-refractivity contribution in [2.45, 2.75) is 6.42 Å². The maximum atomic E-state index is 10.5. The van der Waals surface area contributed by atoms with Crippen molar-refractivity contribution in [2.75, 3.05) is 13.7 Å². The molecule has 0 radical (unpaired) electrons. The molecule has 0 aromatic heterocycles. The van der Waals surface area contributed by atoms with Crippen molar-refractivity contribution in [3.8, 4) is 5.75 Å². The van der Waals surface area contributed by atoms with Crippen LogP contribution < -0.4 is 4.74 Å². The van der Waals surface area contributed by atoms with Crippen LogP contribution in [0.3, 0.4) is 0 Å². The number of nitro groups is 1. The van der Waals surface area contributed by atoms with Crippen LogP contribution in [0.5, 0.6) is 5.75 Å². The summed E-state index contributed by atoms with van der Waals surface area (Å²) >= 11 is 0. The molecule has 0 aliphatic rings. The summed E-state index contributed by atoms with van der Waals surface area (Å²) in [6.07, 6.45) is 0.491. The van der Waals surface area contributed by atoms with E-state index in [2.05, 4.69) is 10.0 Å². The number of hydrogen-bond acceptors (Lipinski definition) is 4. The van der Waals surface area contributed by atoms with Gasteiger partial charge in [-0.2, -0.15) is 0 Å². The average molecular weight is 222 g/mol. The van der Waals surface area contributed by atoms with Gasteiger partial charge in [0.25, 0.3) is 5.69 Å². The van der Waals surface area contributed by atoms with Crippen LogP contribution in [0.25, 0.3) is 10.4 Å². The first kappa shape index (κ1) is 11.8. The molecule has 0 spiro atoms. The number of methoxy groups -OCH3 is 1. The Balaban J connectivity index is 2.92. The van der Waals surface area contributed by atoms with E-state index in [1.165, 1.54) is 19.2 Å². The molecule has 0 saturated heterocycles.